The van der Waals surface area contributed by atoms with Gasteiger partial charge < -0.3 is 9.88 Å². The minimum absolute atomic E-state index is 0.0712. The standard InChI is InChI=1S/C15H17N2O/c1-11-9-15(16-13(3)18)17(12(11)2)10-14-7-5-4-6-8-14/h4-8H,10H2,1-3H3,(H,16,18). The van der Waals surface area contributed by atoms with E-state index in [1.54, 1.807) is 0 Å². The molecule has 18 heavy (non-hydrogen) atoms. The summed E-state index contributed by atoms with van der Waals surface area (Å²) in [6, 6.07) is 13.4. The minimum Gasteiger partial charge on any atom is -0.327 e. The van der Waals surface area contributed by atoms with Crippen LogP contribution in [0.15, 0.2) is 30.3 Å². The third-order valence-electron chi connectivity index (χ3n) is 3.00. The fourth-order valence-corrected chi connectivity index (χ4v) is 1.93. The van der Waals surface area contributed by atoms with E-state index in [-0.39, 0.29) is 5.91 Å². The van der Waals surface area contributed by atoms with Gasteiger partial charge in [-0.25, -0.2) is 0 Å². The van der Waals surface area contributed by atoms with E-state index < -0.39 is 0 Å². The molecule has 0 aliphatic rings. The largest absolute Gasteiger partial charge is 0.327 e. The highest BCUT2D eigenvalue weighted by atomic mass is 16.1. The van der Waals surface area contributed by atoms with Gasteiger partial charge in [-0.3, -0.25) is 4.79 Å². The molecule has 1 heterocycles. The lowest BCUT2D eigenvalue weighted by molar-refractivity contribution is -0.114. The number of aryl methyl sites for hydroxylation is 1. The lowest BCUT2D eigenvalue weighted by Crippen LogP contribution is -2.12. The average molecular weight is 241 g/mol. The molecule has 1 N–H and O–H groups in total. The summed E-state index contributed by atoms with van der Waals surface area (Å²) in [7, 11) is 0. The quantitative estimate of drug-likeness (QED) is 0.880. The van der Waals surface area contributed by atoms with E-state index >= 15 is 0 Å². The second kappa shape index (κ2) is 5.08. The van der Waals surface area contributed by atoms with Crippen molar-refractivity contribution in [2.75, 3.05) is 5.32 Å². The van der Waals surface area contributed by atoms with Gasteiger partial charge in [0, 0.05) is 25.2 Å². The Labute approximate surface area is 107 Å². The topological polar surface area (TPSA) is 34.0 Å². The first kappa shape index (κ1) is 12.4. The molecule has 0 saturated heterocycles. The van der Waals surface area contributed by atoms with Crippen LogP contribution in [0.1, 0.15) is 23.7 Å². The number of rotatable bonds is 3. The zero-order chi connectivity index (χ0) is 13.1. The molecule has 1 amide bonds. The van der Waals surface area contributed by atoms with Gasteiger partial charge in [0.25, 0.3) is 0 Å². The summed E-state index contributed by atoms with van der Waals surface area (Å²) < 4.78 is 2.08. The van der Waals surface area contributed by atoms with E-state index in [0.717, 1.165) is 23.6 Å². The second-order valence-corrected chi connectivity index (χ2v) is 4.44. The summed E-state index contributed by atoms with van der Waals surface area (Å²) in [5.74, 6) is 0.666. The molecule has 2 rings (SSSR count). The lowest BCUT2D eigenvalue weighted by atomic mass is 10.2. The number of carbonyl (C=O) groups excluding carboxylic acids is 1. The normalized spacial score (nSPS) is 10.4. The molecule has 1 aromatic heterocycles. The van der Waals surface area contributed by atoms with Gasteiger partial charge in [0.1, 0.15) is 5.82 Å². The maximum absolute atomic E-state index is 11.2. The SMILES string of the molecule is CC(=O)Nc1[c]c(C)c(C)n1Cc1ccccc1. The summed E-state index contributed by atoms with van der Waals surface area (Å²) in [5, 5.41) is 2.82. The highest BCUT2D eigenvalue weighted by molar-refractivity contribution is 5.87. The molecule has 1 aromatic carbocycles. The molecule has 0 bridgehead atoms. The summed E-state index contributed by atoms with van der Waals surface area (Å²) in [6.07, 6.45) is 0. The molecule has 0 spiro atoms. The molecule has 3 nitrogen and oxygen atoms in total. The zero-order valence-corrected chi connectivity index (χ0v) is 10.9. The van der Waals surface area contributed by atoms with Crippen LogP contribution in [-0.4, -0.2) is 10.5 Å². The van der Waals surface area contributed by atoms with Gasteiger partial charge >= 0.3 is 0 Å². The average Bonchev–Trinajstić information content (AvgIpc) is 2.58. The Hall–Kier alpha value is -2.03. The van der Waals surface area contributed by atoms with E-state index in [1.165, 1.54) is 12.5 Å². The van der Waals surface area contributed by atoms with E-state index in [1.807, 2.05) is 32.0 Å². The highest BCUT2D eigenvalue weighted by Crippen LogP contribution is 2.20. The van der Waals surface area contributed by atoms with Crippen LogP contribution in [0.3, 0.4) is 0 Å². The first-order chi connectivity index (χ1) is 8.58. The summed E-state index contributed by atoms with van der Waals surface area (Å²) in [6.45, 7) is 6.30. The number of nitrogens with one attached hydrogen (secondary N) is 1. The van der Waals surface area contributed by atoms with Gasteiger partial charge in [0.15, 0.2) is 0 Å². The first-order valence-electron chi connectivity index (χ1n) is 5.98. The van der Waals surface area contributed by atoms with Crippen LogP contribution in [0, 0.1) is 19.9 Å². The number of anilines is 1. The highest BCUT2D eigenvalue weighted by Gasteiger charge is 2.10. The van der Waals surface area contributed by atoms with Gasteiger partial charge in [-0.15, -0.1) is 0 Å². The van der Waals surface area contributed by atoms with Crippen molar-refractivity contribution in [3.63, 3.8) is 0 Å². The Bertz CT molecular complexity index is 555. The van der Waals surface area contributed by atoms with Crippen LogP contribution in [-0.2, 0) is 11.3 Å². The summed E-state index contributed by atoms with van der Waals surface area (Å²) in [4.78, 5) is 11.2. The van der Waals surface area contributed by atoms with Crippen molar-refractivity contribution in [3.8, 4) is 0 Å². The van der Waals surface area contributed by atoms with Crippen LogP contribution < -0.4 is 5.32 Å². The second-order valence-electron chi connectivity index (χ2n) is 4.44. The fourth-order valence-electron chi connectivity index (χ4n) is 1.93. The number of hydrogen-bond acceptors (Lipinski definition) is 1. The predicted molar refractivity (Wildman–Crippen MR) is 72.6 cm³/mol. The molecule has 93 valence electrons. The molecule has 0 fully saturated rings. The molecular weight excluding hydrogens is 224 g/mol. The molecule has 0 atom stereocenters. The van der Waals surface area contributed by atoms with Gasteiger partial charge in [0.05, 0.1) is 0 Å². The van der Waals surface area contributed by atoms with Crippen LogP contribution in [0.4, 0.5) is 5.82 Å². The molecule has 3 heteroatoms. The molecule has 0 unspecified atom stereocenters. The zero-order valence-electron chi connectivity index (χ0n) is 10.9. The van der Waals surface area contributed by atoms with E-state index in [0.29, 0.717) is 0 Å². The Balaban J connectivity index is 2.34. The number of carbonyl (C=O) groups is 1. The van der Waals surface area contributed by atoms with Crippen molar-refractivity contribution in [3.05, 3.63) is 53.2 Å². The molecule has 2 aromatic rings. The Morgan fingerprint density at radius 2 is 1.94 bits per heavy atom. The van der Waals surface area contributed by atoms with Gasteiger partial charge in [-0.05, 0) is 25.0 Å². The lowest BCUT2D eigenvalue weighted by Gasteiger charge is -2.11. The van der Waals surface area contributed by atoms with Gasteiger partial charge in [-0.1, -0.05) is 30.3 Å². The van der Waals surface area contributed by atoms with Crippen molar-refractivity contribution in [1.82, 2.24) is 4.57 Å². The van der Waals surface area contributed by atoms with E-state index in [9.17, 15) is 4.79 Å². The maximum Gasteiger partial charge on any atom is 0.222 e. The third kappa shape index (κ3) is 2.62. The van der Waals surface area contributed by atoms with Gasteiger partial charge in [0.2, 0.25) is 5.91 Å². The smallest absolute Gasteiger partial charge is 0.222 e. The maximum atomic E-state index is 11.2. The number of benzene rings is 1. The van der Waals surface area contributed by atoms with Crippen molar-refractivity contribution in [2.45, 2.75) is 27.3 Å². The van der Waals surface area contributed by atoms with Crippen molar-refractivity contribution >= 4 is 11.7 Å². The molecule has 0 aliphatic heterocycles. The molecule has 0 saturated carbocycles. The number of amides is 1. The predicted octanol–water partition coefficient (Wildman–Crippen LogP) is 2.91. The van der Waals surface area contributed by atoms with E-state index in [2.05, 4.69) is 28.1 Å². The number of nitrogens with zero attached hydrogens (tertiary/aromatic N) is 1. The van der Waals surface area contributed by atoms with Gasteiger partial charge in [-0.2, -0.15) is 0 Å². The summed E-state index contributed by atoms with van der Waals surface area (Å²) in [5.41, 5.74) is 3.40. The van der Waals surface area contributed by atoms with Crippen LogP contribution in [0.25, 0.3) is 0 Å². The van der Waals surface area contributed by atoms with E-state index in [4.69, 9.17) is 0 Å². The summed E-state index contributed by atoms with van der Waals surface area (Å²) >= 11 is 0. The number of hydrogen-bond donors (Lipinski definition) is 1. The fraction of sp³-hybridized carbons (Fsp3) is 0.267. The van der Waals surface area contributed by atoms with Crippen molar-refractivity contribution in [2.24, 2.45) is 0 Å². The van der Waals surface area contributed by atoms with Crippen molar-refractivity contribution in [1.29, 1.82) is 0 Å². The monoisotopic (exact) mass is 241 g/mol. The van der Waals surface area contributed by atoms with Crippen LogP contribution >= 0.6 is 0 Å². The molecule has 0 aliphatic carbocycles. The van der Waals surface area contributed by atoms with Crippen LogP contribution in [0.2, 0.25) is 0 Å². The minimum atomic E-state index is -0.0712. The molecular formula is C15H17N2O. The van der Waals surface area contributed by atoms with Crippen molar-refractivity contribution < 1.29 is 4.79 Å². The molecule has 1 radical (unpaired) electrons. The Morgan fingerprint density at radius 1 is 1.28 bits per heavy atom. The Morgan fingerprint density at radius 3 is 2.56 bits per heavy atom. The first-order valence-corrected chi connectivity index (χ1v) is 5.98. The number of aromatic nitrogens is 1. The van der Waals surface area contributed by atoms with Crippen LogP contribution in [0.5, 0.6) is 0 Å². The Kier molecular flexibility index (Phi) is 3.51. The third-order valence-corrected chi connectivity index (χ3v) is 3.00.